The summed E-state index contributed by atoms with van der Waals surface area (Å²) in [6, 6.07) is 0. The zero-order valence-electron chi connectivity index (χ0n) is 9.00. The van der Waals surface area contributed by atoms with E-state index in [1.54, 1.807) is 18.3 Å². The molecular formula is C11H21N3. The molecule has 3 nitrogen and oxygen atoms in total. The lowest BCUT2D eigenvalue weighted by molar-refractivity contribution is 0.376. The standard InChI is InChI=1S/C11H21N3/c1-9(11(8-12)14(2)13)10-6-4-3-5-7-10/h8,10H,1,3-7,12-13H2,2H3/b11-8-. The van der Waals surface area contributed by atoms with Gasteiger partial charge in [-0.1, -0.05) is 25.8 Å². The zero-order chi connectivity index (χ0) is 10.6. The summed E-state index contributed by atoms with van der Waals surface area (Å²) in [7, 11) is 1.80. The largest absolute Gasteiger partial charge is 0.403 e. The van der Waals surface area contributed by atoms with Gasteiger partial charge in [-0.3, -0.25) is 0 Å². The monoisotopic (exact) mass is 195 g/mol. The highest BCUT2D eigenvalue weighted by Crippen LogP contribution is 2.32. The quantitative estimate of drug-likeness (QED) is 0.409. The third-order valence-electron chi connectivity index (χ3n) is 2.96. The van der Waals surface area contributed by atoms with Crippen molar-refractivity contribution in [1.82, 2.24) is 5.01 Å². The lowest BCUT2D eigenvalue weighted by Gasteiger charge is -2.27. The summed E-state index contributed by atoms with van der Waals surface area (Å²) >= 11 is 0. The van der Waals surface area contributed by atoms with E-state index >= 15 is 0 Å². The maximum atomic E-state index is 5.68. The third kappa shape index (κ3) is 2.51. The number of nitrogens with zero attached hydrogens (tertiary/aromatic N) is 1. The van der Waals surface area contributed by atoms with Crippen LogP contribution in [0.25, 0.3) is 0 Å². The summed E-state index contributed by atoms with van der Waals surface area (Å²) in [4.78, 5) is 0. The lowest BCUT2D eigenvalue weighted by Crippen LogP contribution is -2.29. The second-order valence-corrected chi connectivity index (χ2v) is 4.02. The Balaban J connectivity index is 2.62. The van der Waals surface area contributed by atoms with E-state index < -0.39 is 0 Å². The van der Waals surface area contributed by atoms with Crippen LogP contribution in [0.5, 0.6) is 0 Å². The zero-order valence-corrected chi connectivity index (χ0v) is 9.00. The maximum Gasteiger partial charge on any atom is 0.0697 e. The van der Waals surface area contributed by atoms with Gasteiger partial charge in [0.25, 0.3) is 0 Å². The van der Waals surface area contributed by atoms with Crippen molar-refractivity contribution in [2.75, 3.05) is 7.05 Å². The Bertz CT molecular complexity index is 225. The van der Waals surface area contributed by atoms with Crippen molar-refractivity contribution in [2.45, 2.75) is 32.1 Å². The molecule has 0 saturated heterocycles. The topological polar surface area (TPSA) is 55.3 Å². The van der Waals surface area contributed by atoms with Crippen molar-refractivity contribution in [2.24, 2.45) is 17.5 Å². The number of likely N-dealkylation sites (N-methyl/N-ethyl adjacent to an activating group) is 1. The Hall–Kier alpha value is -0.960. The summed E-state index contributed by atoms with van der Waals surface area (Å²) in [5, 5.41) is 1.55. The molecule has 80 valence electrons. The van der Waals surface area contributed by atoms with Crippen LogP contribution in [0, 0.1) is 5.92 Å². The van der Waals surface area contributed by atoms with Gasteiger partial charge in [-0.05, 0) is 24.3 Å². The predicted molar refractivity (Wildman–Crippen MR) is 59.9 cm³/mol. The molecule has 0 radical (unpaired) electrons. The first-order valence-corrected chi connectivity index (χ1v) is 5.26. The molecule has 0 bridgehead atoms. The SMILES string of the molecule is C=C(/C(=C/N)N(C)N)C1CCCCC1. The number of hydrogen-bond donors (Lipinski definition) is 2. The molecule has 0 atom stereocenters. The molecule has 14 heavy (non-hydrogen) atoms. The average molecular weight is 195 g/mol. The molecule has 1 saturated carbocycles. The van der Waals surface area contributed by atoms with Crippen LogP contribution in [0.2, 0.25) is 0 Å². The molecule has 1 fully saturated rings. The van der Waals surface area contributed by atoms with Gasteiger partial charge in [0.2, 0.25) is 0 Å². The average Bonchev–Trinajstić information content (AvgIpc) is 2.19. The van der Waals surface area contributed by atoms with Gasteiger partial charge < -0.3 is 10.7 Å². The maximum absolute atomic E-state index is 5.68. The van der Waals surface area contributed by atoms with Crippen LogP contribution < -0.4 is 11.6 Å². The highest BCUT2D eigenvalue weighted by Gasteiger charge is 2.19. The highest BCUT2D eigenvalue weighted by atomic mass is 15.4. The minimum atomic E-state index is 0.574. The van der Waals surface area contributed by atoms with Gasteiger partial charge in [0, 0.05) is 13.2 Å². The summed E-state index contributed by atoms with van der Waals surface area (Å²) in [5.41, 5.74) is 7.50. The van der Waals surface area contributed by atoms with E-state index in [0.717, 1.165) is 11.3 Å². The van der Waals surface area contributed by atoms with Crippen molar-refractivity contribution >= 4 is 0 Å². The Morgan fingerprint density at radius 2 is 1.93 bits per heavy atom. The molecule has 0 aromatic rings. The number of allylic oxidation sites excluding steroid dienone is 1. The molecule has 0 spiro atoms. The summed E-state index contributed by atoms with van der Waals surface area (Å²) in [6.45, 7) is 4.10. The molecule has 1 aliphatic rings. The summed E-state index contributed by atoms with van der Waals surface area (Å²) in [5.74, 6) is 6.25. The predicted octanol–water partition coefficient (Wildman–Crippen LogP) is 1.73. The van der Waals surface area contributed by atoms with Crippen LogP contribution >= 0.6 is 0 Å². The van der Waals surface area contributed by atoms with Gasteiger partial charge in [0.05, 0.1) is 5.70 Å². The van der Waals surface area contributed by atoms with Crippen molar-refractivity contribution < 1.29 is 0 Å². The van der Waals surface area contributed by atoms with Crippen LogP contribution in [0.3, 0.4) is 0 Å². The lowest BCUT2D eigenvalue weighted by atomic mass is 9.83. The molecule has 1 rings (SSSR count). The van der Waals surface area contributed by atoms with Crippen molar-refractivity contribution in [3.8, 4) is 0 Å². The van der Waals surface area contributed by atoms with E-state index in [4.69, 9.17) is 11.6 Å². The molecule has 0 heterocycles. The number of hydrogen-bond acceptors (Lipinski definition) is 3. The minimum absolute atomic E-state index is 0.574. The van der Waals surface area contributed by atoms with Crippen LogP contribution in [0.4, 0.5) is 0 Å². The van der Waals surface area contributed by atoms with E-state index in [9.17, 15) is 0 Å². The van der Waals surface area contributed by atoms with Crippen LogP contribution in [0.1, 0.15) is 32.1 Å². The van der Waals surface area contributed by atoms with E-state index in [0.29, 0.717) is 5.92 Å². The van der Waals surface area contributed by atoms with Gasteiger partial charge in [0.15, 0.2) is 0 Å². The molecule has 0 aliphatic heterocycles. The number of rotatable bonds is 3. The van der Waals surface area contributed by atoms with E-state index in [1.807, 2.05) is 0 Å². The first-order valence-electron chi connectivity index (χ1n) is 5.26. The fourth-order valence-corrected chi connectivity index (χ4v) is 2.11. The van der Waals surface area contributed by atoms with E-state index in [2.05, 4.69) is 6.58 Å². The van der Waals surface area contributed by atoms with Crippen molar-refractivity contribution in [3.05, 3.63) is 24.0 Å². The van der Waals surface area contributed by atoms with Crippen molar-refractivity contribution in [1.29, 1.82) is 0 Å². The Kier molecular flexibility index (Phi) is 4.01. The van der Waals surface area contributed by atoms with Gasteiger partial charge in [-0.25, -0.2) is 5.84 Å². The van der Waals surface area contributed by atoms with Gasteiger partial charge >= 0.3 is 0 Å². The summed E-state index contributed by atoms with van der Waals surface area (Å²) in [6.07, 6.45) is 7.96. The molecular weight excluding hydrogens is 174 g/mol. The van der Waals surface area contributed by atoms with E-state index in [1.165, 1.54) is 32.1 Å². The second kappa shape index (κ2) is 5.05. The summed E-state index contributed by atoms with van der Waals surface area (Å²) < 4.78 is 0. The molecule has 3 heteroatoms. The first kappa shape index (κ1) is 11.1. The molecule has 1 aliphatic carbocycles. The Morgan fingerprint density at radius 1 is 1.36 bits per heavy atom. The minimum Gasteiger partial charge on any atom is -0.403 e. The molecule has 0 aromatic heterocycles. The smallest absolute Gasteiger partial charge is 0.0697 e. The van der Waals surface area contributed by atoms with Crippen LogP contribution in [-0.2, 0) is 0 Å². The van der Waals surface area contributed by atoms with E-state index in [-0.39, 0.29) is 0 Å². The fraction of sp³-hybridized carbons (Fsp3) is 0.636. The Labute approximate surface area is 86.4 Å². The molecule has 4 N–H and O–H groups in total. The number of hydrazine groups is 1. The number of nitrogens with two attached hydrogens (primary N) is 2. The fourth-order valence-electron chi connectivity index (χ4n) is 2.11. The Morgan fingerprint density at radius 3 is 2.36 bits per heavy atom. The van der Waals surface area contributed by atoms with Gasteiger partial charge in [-0.2, -0.15) is 0 Å². The normalized spacial score (nSPS) is 19.4. The van der Waals surface area contributed by atoms with Crippen LogP contribution in [0.15, 0.2) is 24.0 Å². The molecule has 0 aromatic carbocycles. The second-order valence-electron chi connectivity index (χ2n) is 4.02. The molecule has 0 unspecified atom stereocenters. The highest BCUT2D eigenvalue weighted by molar-refractivity contribution is 5.28. The van der Waals surface area contributed by atoms with Gasteiger partial charge in [0.1, 0.15) is 0 Å². The first-order chi connectivity index (χ1) is 6.66. The van der Waals surface area contributed by atoms with Crippen molar-refractivity contribution in [3.63, 3.8) is 0 Å². The van der Waals surface area contributed by atoms with Crippen LogP contribution in [-0.4, -0.2) is 12.1 Å². The van der Waals surface area contributed by atoms with Gasteiger partial charge in [-0.15, -0.1) is 0 Å². The molecule has 0 amide bonds. The third-order valence-corrected chi connectivity index (χ3v) is 2.96.